The molecule has 2 aliphatic carbocycles. The molecule has 4 heterocycles. The molecule has 14 nitrogen and oxygen atoms in total. The van der Waals surface area contributed by atoms with Crippen molar-refractivity contribution in [3.63, 3.8) is 0 Å². The third kappa shape index (κ3) is 7.99. The molecule has 3 aliphatic heterocycles. The van der Waals surface area contributed by atoms with Gasteiger partial charge in [0.05, 0.1) is 25.5 Å². The van der Waals surface area contributed by atoms with Gasteiger partial charge >= 0.3 is 6.09 Å². The molecule has 5 aliphatic rings. The monoisotopic (exact) mass is 749 g/mol. The molecular weight excluding hydrogens is 703 g/mol. The zero-order valence-electron chi connectivity index (χ0n) is 30.0. The highest BCUT2D eigenvalue weighted by atomic mass is 32.2. The highest BCUT2D eigenvalue weighted by molar-refractivity contribution is 7.91. The van der Waals surface area contributed by atoms with Gasteiger partial charge in [-0.1, -0.05) is 44.1 Å². The van der Waals surface area contributed by atoms with Crippen LogP contribution in [-0.4, -0.2) is 91.4 Å². The van der Waals surface area contributed by atoms with Crippen LogP contribution in [-0.2, 0) is 29.1 Å². The zero-order valence-corrected chi connectivity index (χ0v) is 30.9. The number of sulfonamides is 1. The van der Waals surface area contributed by atoms with Crippen LogP contribution in [0.5, 0.6) is 11.6 Å². The number of alkyl carbamates (subject to hydrolysis) is 1. The Morgan fingerprint density at radius 2 is 1.94 bits per heavy atom. The number of cyclic esters (lactones) is 1. The summed E-state index contributed by atoms with van der Waals surface area (Å²) >= 11 is 0. The molecule has 0 radical (unpaired) electrons. The molecule has 1 aromatic heterocycles. The van der Waals surface area contributed by atoms with E-state index < -0.39 is 68.7 Å². The lowest BCUT2D eigenvalue weighted by molar-refractivity contribution is -0.141. The quantitative estimate of drug-likeness (QED) is 0.390. The van der Waals surface area contributed by atoms with Gasteiger partial charge in [0, 0.05) is 29.5 Å². The first-order valence-electron chi connectivity index (χ1n) is 18.6. The Kier molecular flexibility index (Phi) is 10.4. The summed E-state index contributed by atoms with van der Waals surface area (Å²) in [5.74, 6) is -1.34. The molecule has 2 saturated carbocycles. The fourth-order valence-corrected chi connectivity index (χ4v) is 8.86. The smallest absolute Gasteiger partial charge is 0.407 e. The molecule has 284 valence electrons. The maximum Gasteiger partial charge on any atom is 0.407 e. The first-order chi connectivity index (χ1) is 25.5. The maximum absolute atomic E-state index is 14.5. The second-order valence-electron chi connectivity index (χ2n) is 15.0. The van der Waals surface area contributed by atoms with Crippen LogP contribution in [0.3, 0.4) is 0 Å². The Hall–Kier alpha value is -4.66. The average molecular weight is 750 g/mol. The number of ether oxygens (including phenoxy) is 3. The minimum Gasteiger partial charge on any atom is -0.496 e. The molecule has 5 bridgehead atoms. The van der Waals surface area contributed by atoms with Crippen molar-refractivity contribution in [3.05, 3.63) is 48.2 Å². The lowest BCUT2D eigenvalue weighted by Gasteiger charge is -2.29. The van der Waals surface area contributed by atoms with Crippen molar-refractivity contribution in [1.29, 1.82) is 0 Å². The van der Waals surface area contributed by atoms with Crippen LogP contribution in [0.4, 0.5) is 4.79 Å². The Balaban J connectivity index is 1.24. The van der Waals surface area contributed by atoms with Crippen molar-refractivity contribution in [1.82, 2.24) is 25.2 Å². The van der Waals surface area contributed by atoms with Gasteiger partial charge in [-0.15, -0.1) is 0 Å². The molecule has 6 atom stereocenters. The number of carbonyl (C=O) groups is 4. The van der Waals surface area contributed by atoms with Crippen molar-refractivity contribution in [3.8, 4) is 11.6 Å². The molecular formula is C38H47N5O9S. The molecule has 0 spiro atoms. The van der Waals surface area contributed by atoms with E-state index in [-0.39, 0.29) is 31.9 Å². The van der Waals surface area contributed by atoms with E-state index in [1.165, 1.54) is 4.90 Å². The van der Waals surface area contributed by atoms with Gasteiger partial charge in [0.2, 0.25) is 27.7 Å². The lowest BCUT2D eigenvalue weighted by atomic mass is 10.0. The summed E-state index contributed by atoms with van der Waals surface area (Å²) in [6.07, 6.45) is 13.0. The number of nitrogens with zero attached hydrogens (tertiary/aromatic N) is 2. The third-order valence-corrected chi connectivity index (χ3v) is 12.6. The predicted molar refractivity (Wildman–Crippen MR) is 195 cm³/mol. The minimum absolute atomic E-state index is 0.000745. The Labute approximate surface area is 309 Å². The SMILES string of the molecule is COc1cc2ccnc3c2cc1C=CC[C@@H](C)COC(=O)N[C@H]1CCCCCC=C[C@@H]2C[C@@]2(C(=O)NS(=O)(=O)C2CC2)NC(=O)[C@@H]2C[C@H](CN2C1=O)O3. The number of methoxy groups -OCH3 is 1. The first-order valence-corrected chi connectivity index (χ1v) is 20.1. The van der Waals surface area contributed by atoms with Crippen molar-refractivity contribution in [2.75, 3.05) is 20.3 Å². The second kappa shape index (κ2) is 15.0. The van der Waals surface area contributed by atoms with E-state index in [9.17, 15) is 27.6 Å². The number of benzene rings is 1. The van der Waals surface area contributed by atoms with E-state index in [0.717, 1.165) is 29.2 Å². The zero-order chi connectivity index (χ0) is 37.3. The number of amides is 4. The highest BCUT2D eigenvalue weighted by Crippen LogP contribution is 2.46. The molecule has 7 rings (SSSR count). The molecule has 4 amide bonds. The Bertz CT molecular complexity index is 1950. The molecule has 1 saturated heterocycles. The number of aromatic nitrogens is 1. The number of fused-ring (bicyclic) bond motifs is 4. The maximum atomic E-state index is 14.5. The third-order valence-electron chi connectivity index (χ3n) is 10.8. The van der Waals surface area contributed by atoms with Crippen molar-refractivity contribution in [2.45, 2.75) is 100 Å². The van der Waals surface area contributed by atoms with Crippen LogP contribution in [0.15, 0.2) is 42.6 Å². The van der Waals surface area contributed by atoms with Gasteiger partial charge in [-0.25, -0.2) is 18.2 Å². The second-order valence-corrected chi connectivity index (χ2v) is 16.9. The summed E-state index contributed by atoms with van der Waals surface area (Å²) in [6, 6.07) is 3.59. The number of hydrogen-bond donors (Lipinski definition) is 3. The standard InChI is InChI=1S/C38H47N5O9S/c1-23-9-8-10-25-17-29-24(18-32(25)50-2)15-16-39-34(29)52-27-19-31-33(44)41-38(36(46)42-53(48,49)28-13-14-28)20-26(38)11-6-4-3-5-7-12-30(35(45)43(31)21-27)40-37(47)51-22-23/h6,8,10-11,15-18,23,26-28,30-31H,3-5,7,9,12-14,19-22H2,1-2H3,(H,40,47)(H,41,44)(H,42,46)/t23-,26-,27-,30+,31+,38-/m1/s1. The summed E-state index contributed by atoms with van der Waals surface area (Å²) in [4.78, 5) is 61.6. The molecule has 15 heteroatoms. The summed E-state index contributed by atoms with van der Waals surface area (Å²) in [5, 5.41) is 6.58. The molecule has 2 aromatic rings. The van der Waals surface area contributed by atoms with Crippen molar-refractivity contribution in [2.24, 2.45) is 11.8 Å². The molecule has 3 fully saturated rings. The van der Waals surface area contributed by atoms with E-state index in [1.807, 2.05) is 49.4 Å². The Morgan fingerprint density at radius 3 is 2.74 bits per heavy atom. The number of rotatable bonds is 4. The molecule has 53 heavy (non-hydrogen) atoms. The van der Waals surface area contributed by atoms with E-state index in [0.29, 0.717) is 50.2 Å². The first kappa shape index (κ1) is 36.7. The fraction of sp³-hybridized carbons (Fsp3) is 0.553. The average Bonchev–Trinajstić information content (AvgIpc) is 4.06. The minimum atomic E-state index is -3.88. The molecule has 1 aromatic carbocycles. The van der Waals surface area contributed by atoms with Gasteiger partial charge in [0.1, 0.15) is 29.5 Å². The normalized spacial score (nSPS) is 29.7. The predicted octanol–water partition coefficient (Wildman–Crippen LogP) is 3.74. The van der Waals surface area contributed by atoms with Gasteiger partial charge in [0.15, 0.2) is 0 Å². The summed E-state index contributed by atoms with van der Waals surface area (Å²) < 4.78 is 45.6. The van der Waals surface area contributed by atoms with Gasteiger partial charge in [-0.2, -0.15) is 0 Å². The van der Waals surface area contributed by atoms with Gasteiger partial charge in [-0.3, -0.25) is 19.1 Å². The van der Waals surface area contributed by atoms with E-state index >= 15 is 0 Å². The molecule has 3 N–H and O–H groups in total. The van der Waals surface area contributed by atoms with Crippen LogP contribution in [0, 0.1) is 11.8 Å². The largest absolute Gasteiger partial charge is 0.496 e. The van der Waals surface area contributed by atoms with E-state index in [2.05, 4.69) is 20.3 Å². The van der Waals surface area contributed by atoms with Crippen molar-refractivity contribution < 1.29 is 41.8 Å². The summed E-state index contributed by atoms with van der Waals surface area (Å²) in [5.41, 5.74) is -0.699. The van der Waals surface area contributed by atoms with E-state index in [1.54, 1.807) is 13.3 Å². The Morgan fingerprint density at radius 1 is 1.11 bits per heavy atom. The highest BCUT2D eigenvalue weighted by Gasteiger charge is 2.62. The number of carbonyl (C=O) groups excluding carboxylic acids is 4. The lowest BCUT2D eigenvalue weighted by Crippen LogP contribution is -2.58. The van der Waals surface area contributed by atoms with Crippen LogP contribution in [0.2, 0.25) is 0 Å². The van der Waals surface area contributed by atoms with Crippen LogP contribution in [0.1, 0.15) is 76.7 Å². The topological polar surface area (TPSA) is 182 Å². The van der Waals surface area contributed by atoms with Crippen LogP contribution >= 0.6 is 0 Å². The number of allylic oxidation sites excluding steroid dienone is 2. The van der Waals surface area contributed by atoms with Gasteiger partial charge in [-0.05, 0) is 74.4 Å². The van der Waals surface area contributed by atoms with Crippen molar-refractivity contribution >= 4 is 50.7 Å². The molecule has 0 unspecified atom stereocenters. The summed E-state index contributed by atoms with van der Waals surface area (Å²) in [6.45, 7) is 2.08. The van der Waals surface area contributed by atoms with E-state index in [4.69, 9.17) is 14.2 Å². The number of hydrogen-bond acceptors (Lipinski definition) is 10. The fourth-order valence-electron chi connectivity index (χ4n) is 7.49. The van der Waals surface area contributed by atoms with Gasteiger partial charge < -0.3 is 29.7 Å². The van der Waals surface area contributed by atoms with Crippen LogP contribution in [0.25, 0.3) is 16.8 Å². The number of nitrogens with one attached hydrogen (secondary N) is 3. The summed E-state index contributed by atoms with van der Waals surface area (Å²) in [7, 11) is -2.29. The van der Waals surface area contributed by atoms with Crippen LogP contribution < -0.4 is 24.8 Å². The van der Waals surface area contributed by atoms with Gasteiger partial charge in [0.25, 0.3) is 5.91 Å². The number of pyridine rings is 1.